The molecule has 2 aromatic rings. The summed E-state index contributed by atoms with van der Waals surface area (Å²) in [5.41, 5.74) is -0.231. The molecule has 2 saturated heterocycles. The molecule has 0 unspecified atom stereocenters. The van der Waals surface area contributed by atoms with Crippen molar-refractivity contribution in [3.05, 3.63) is 42.0 Å². The zero-order valence-electron chi connectivity index (χ0n) is 16.8. The average Bonchev–Trinajstić information content (AvgIpc) is 3.34. The number of sulfone groups is 1. The van der Waals surface area contributed by atoms with E-state index >= 15 is 0 Å². The molecule has 2 fully saturated rings. The normalized spacial score (nSPS) is 17.5. The molecule has 11 heteroatoms. The van der Waals surface area contributed by atoms with E-state index in [1.165, 1.54) is 23.1 Å². The summed E-state index contributed by atoms with van der Waals surface area (Å²) in [5.74, 6) is -2.60. The van der Waals surface area contributed by atoms with Gasteiger partial charge in [0.25, 0.3) is 5.91 Å². The van der Waals surface area contributed by atoms with Gasteiger partial charge in [-0.05, 0) is 37.1 Å². The third-order valence-corrected chi connectivity index (χ3v) is 7.05. The Morgan fingerprint density at radius 1 is 0.839 bits per heavy atom. The first-order valence-electron chi connectivity index (χ1n) is 10.1. The molecule has 8 nitrogen and oxygen atoms in total. The molecular formula is C20H23F2N5O3S. The molecule has 31 heavy (non-hydrogen) atoms. The summed E-state index contributed by atoms with van der Waals surface area (Å²) in [4.78, 5) is 17.9. The average molecular weight is 451 g/mol. The van der Waals surface area contributed by atoms with Crippen molar-refractivity contribution in [1.82, 2.24) is 15.1 Å². The Morgan fingerprint density at radius 3 is 1.94 bits per heavy atom. The molecule has 1 amide bonds. The number of rotatable bonds is 5. The predicted molar refractivity (Wildman–Crippen MR) is 111 cm³/mol. The van der Waals surface area contributed by atoms with E-state index in [1.54, 1.807) is 0 Å². The van der Waals surface area contributed by atoms with Gasteiger partial charge in [-0.3, -0.25) is 4.79 Å². The standard InChI is InChI=1S/C20H23F2N5O3S/c21-20(22)31(29,30)16-6-2-1-5-15(16)19(28)27-13-11-26(12-14-27)18-8-7-17(23-24-18)25-9-3-4-10-25/h1-2,5-8,20H,3-4,9-14H2. The van der Waals surface area contributed by atoms with E-state index in [2.05, 4.69) is 15.1 Å². The van der Waals surface area contributed by atoms with Gasteiger partial charge in [-0.2, -0.15) is 8.78 Å². The molecule has 1 aromatic carbocycles. The third-order valence-electron chi connectivity index (χ3n) is 5.62. The topological polar surface area (TPSA) is 86.7 Å². The van der Waals surface area contributed by atoms with Gasteiger partial charge in [0.15, 0.2) is 11.6 Å². The fourth-order valence-corrected chi connectivity index (χ4v) is 4.82. The van der Waals surface area contributed by atoms with Crippen LogP contribution in [0.1, 0.15) is 23.2 Å². The molecule has 0 atom stereocenters. The minimum Gasteiger partial charge on any atom is -0.355 e. The van der Waals surface area contributed by atoms with Crippen molar-refractivity contribution >= 4 is 27.4 Å². The van der Waals surface area contributed by atoms with Crippen LogP contribution in [0.25, 0.3) is 0 Å². The van der Waals surface area contributed by atoms with Crippen LogP contribution >= 0.6 is 0 Å². The second-order valence-corrected chi connectivity index (χ2v) is 9.41. The minimum atomic E-state index is -4.87. The van der Waals surface area contributed by atoms with Crippen molar-refractivity contribution in [2.24, 2.45) is 0 Å². The summed E-state index contributed by atoms with van der Waals surface area (Å²) in [6.07, 6.45) is 2.31. The second kappa shape index (κ2) is 8.74. The molecule has 0 radical (unpaired) electrons. The van der Waals surface area contributed by atoms with Crippen molar-refractivity contribution in [1.29, 1.82) is 0 Å². The van der Waals surface area contributed by atoms with Gasteiger partial charge in [0, 0.05) is 39.3 Å². The Bertz CT molecular complexity index is 1040. The Morgan fingerprint density at radius 2 is 1.39 bits per heavy atom. The first kappa shape index (κ1) is 21.4. The number of hydrogen-bond acceptors (Lipinski definition) is 7. The highest BCUT2D eigenvalue weighted by Crippen LogP contribution is 2.25. The lowest BCUT2D eigenvalue weighted by Crippen LogP contribution is -2.49. The lowest BCUT2D eigenvalue weighted by atomic mass is 10.2. The summed E-state index contributed by atoms with van der Waals surface area (Å²) in [7, 11) is -4.87. The molecule has 4 rings (SSSR count). The van der Waals surface area contributed by atoms with Crippen molar-refractivity contribution in [2.45, 2.75) is 23.5 Å². The molecular weight excluding hydrogens is 428 g/mol. The number of anilines is 2. The SMILES string of the molecule is O=C(c1ccccc1S(=O)(=O)C(F)F)N1CCN(c2ccc(N3CCCC3)nn2)CC1. The number of alkyl halides is 2. The largest absolute Gasteiger partial charge is 0.355 e. The van der Waals surface area contributed by atoms with E-state index in [1.807, 2.05) is 17.0 Å². The van der Waals surface area contributed by atoms with Gasteiger partial charge in [0.1, 0.15) is 0 Å². The van der Waals surface area contributed by atoms with Crippen molar-refractivity contribution < 1.29 is 22.0 Å². The van der Waals surface area contributed by atoms with Crippen molar-refractivity contribution in [3.63, 3.8) is 0 Å². The number of hydrogen-bond donors (Lipinski definition) is 0. The van der Waals surface area contributed by atoms with Gasteiger partial charge < -0.3 is 14.7 Å². The fraction of sp³-hybridized carbons (Fsp3) is 0.450. The third kappa shape index (κ3) is 4.32. The molecule has 0 spiro atoms. The summed E-state index contributed by atoms with van der Waals surface area (Å²) < 4.78 is 49.9. The first-order valence-corrected chi connectivity index (χ1v) is 11.7. The molecule has 0 aliphatic carbocycles. The quantitative estimate of drug-likeness (QED) is 0.688. The molecule has 0 N–H and O–H groups in total. The number of amides is 1. The van der Waals surface area contributed by atoms with Crippen LogP contribution in [0.3, 0.4) is 0 Å². The maximum Gasteiger partial charge on any atom is 0.341 e. The fourth-order valence-electron chi connectivity index (χ4n) is 3.90. The number of benzene rings is 1. The van der Waals surface area contributed by atoms with E-state index in [0.717, 1.165) is 37.8 Å². The van der Waals surface area contributed by atoms with Crippen LogP contribution in [0.4, 0.5) is 20.4 Å². The summed E-state index contributed by atoms with van der Waals surface area (Å²) in [6.45, 7) is 3.56. The smallest absolute Gasteiger partial charge is 0.341 e. The molecule has 2 aliphatic heterocycles. The van der Waals surface area contributed by atoms with Crippen molar-refractivity contribution in [3.8, 4) is 0 Å². The number of nitrogens with zero attached hydrogens (tertiary/aromatic N) is 5. The maximum absolute atomic E-state index is 13.0. The molecule has 166 valence electrons. The number of carbonyl (C=O) groups is 1. The highest BCUT2D eigenvalue weighted by Gasteiger charge is 2.33. The Kier molecular flexibility index (Phi) is 6.03. The van der Waals surface area contributed by atoms with Gasteiger partial charge in [0.2, 0.25) is 9.84 Å². The zero-order valence-corrected chi connectivity index (χ0v) is 17.6. The molecule has 1 aromatic heterocycles. The summed E-state index contributed by atoms with van der Waals surface area (Å²) >= 11 is 0. The molecule has 2 aliphatic rings. The van der Waals surface area contributed by atoms with Gasteiger partial charge in [-0.25, -0.2) is 8.42 Å². The Balaban J connectivity index is 1.43. The van der Waals surface area contributed by atoms with Crippen LogP contribution in [0.2, 0.25) is 0 Å². The van der Waals surface area contributed by atoms with E-state index in [9.17, 15) is 22.0 Å². The number of carbonyl (C=O) groups excluding carboxylic acids is 1. The highest BCUT2D eigenvalue weighted by atomic mass is 32.2. The van der Waals surface area contributed by atoms with E-state index < -0.39 is 26.4 Å². The van der Waals surface area contributed by atoms with Crippen LogP contribution in [0.5, 0.6) is 0 Å². The van der Waals surface area contributed by atoms with E-state index in [-0.39, 0.29) is 5.56 Å². The maximum atomic E-state index is 13.0. The van der Waals surface area contributed by atoms with Gasteiger partial charge >= 0.3 is 5.76 Å². The van der Waals surface area contributed by atoms with Crippen LogP contribution in [-0.4, -0.2) is 74.4 Å². The molecule has 0 saturated carbocycles. The lowest BCUT2D eigenvalue weighted by Gasteiger charge is -2.35. The van der Waals surface area contributed by atoms with Gasteiger partial charge in [-0.15, -0.1) is 10.2 Å². The van der Waals surface area contributed by atoms with Crippen LogP contribution in [0.15, 0.2) is 41.3 Å². The van der Waals surface area contributed by atoms with Crippen LogP contribution in [0, 0.1) is 0 Å². The zero-order chi connectivity index (χ0) is 22.0. The Labute approximate surface area is 179 Å². The van der Waals surface area contributed by atoms with Gasteiger partial charge in [0.05, 0.1) is 10.5 Å². The highest BCUT2D eigenvalue weighted by molar-refractivity contribution is 7.91. The lowest BCUT2D eigenvalue weighted by molar-refractivity contribution is 0.0742. The number of halogens is 2. The predicted octanol–water partition coefficient (Wildman–Crippen LogP) is 2.04. The number of piperazine rings is 1. The summed E-state index contributed by atoms with van der Waals surface area (Å²) in [5, 5.41) is 8.62. The monoisotopic (exact) mass is 451 g/mol. The van der Waals surface area contributed by atoms with E-state index in [4.69, 9.17) is 0 Å². The van der Waals surface area contributed by atoms with E-state index in [0.29, 0.717) is 32.0 Å². The summed E-state index contributed by atoms with van der Waals surface area (Å²) in [6, 6.07) is 8.95. The minimum absolute atomic E-state index is 0.231. The first-order chi connectivity index (χ1) is 14.9. The molecule has 0 bridgehead atoms. The van der Waals surface area contributed by atoms with Gasteiger partial charge in [-0.1, -0.05) is 12.1 Å². The van der Waals surface area contributed by atoms with Crippen LogP contribution < -0.4 is 9.80 Å². The van der Waals surface area contributed by atoms with Crippen LogP contribution in [-0.2, 0) is 9.84 Å². The molecule has 3 heterocycles. The number of aromatic nitrogens is 2. The second-order valence-electron chi connectivity index (χ2n) is 7.52. The Hall–Kier alpha value is -2.82. The van der Waals surface area contributed by atoms with Crippen molar-refractivity contribution in [2.75, 3.05) is 49.1 Å².